The fourth-order valence-corrected chi connectivity index (χ4v) is 0.650. The Morgan fingerprint density at radius 3 is 2.58 bits per heavy atom. The summed E-state index contributed by atoms with van der Waals surface area (Å²) in [5, 5.41) is 2.92. The van der Waals surface area contributed by atoms with Gasteiger partial charge in [0.2, 0.25) is 5.95 Å². The Labute approximate surface area is 71.0 Å². The Balaban J connectivity index is 2.58. The molecule has 0 radical (unpaired) electrons. The van der Waals surface area contributed by atoms with Gasteiger partial charge in [-0.25, -0.2) is 9.97 Å². The molecule has 0 aromatic carbocycles. The number of nitrogens with one attached hydrogen (secondary N) is 1. The summed E-state index contributed by atoms with van der Waals surface area (Å²) in [4.78, 5) is 7.56. The molecule has 5 nitrogen and oxygen atoms in total. The van der Waals surface area contributed by atoms with E-state index < -0.39 is 0 Å². The Morgan fingerprint density at radius 1 is 1.50 bits per heavy atom. The lowest BCUT2D eigenvalue weighted by molar-refractivity contribution is 0.192. The fraction of sp³-hybridized carbons (Fsp3) is 0.429. The molecule has 0 bridgehead atoms. The van der Waals surface area contributed by atoms with Crippen molar-refractivity contribution in [1.82, 2.24) is 15.3 Å². The van der Waals surface area contributed by atoms with Gasteiger partial charge in [-0.3, -0.25) is 5.32 Å². The van der Waals surface area contributed by atoms with Crippen LogP contribution in [-0.2, 0) is 0 Å². The van der Waals surface area contributed by atoms with Gasteiger partial charge < -0.3 is 10.5 Å². The quantitative estimate of drug-likeness (QED) is 0.622. The number of ether oxygens (including phenoxy) is 1. The second kappa shape index (κ2) is 3.87. The van der Waals surface area contributed by atoms with Gasteiger partial charge in [0, 0.05) is 0 Å². The van der Waals surface area contributed by atoms with E-state index in [1.807, 2.05) is 14.0 Å². The molecule has 1 rings (SSSR count). The van der Waals surface area contributed by atoms with Crippen LogP contribution in [0.1, 0.15) is 6.92 Å². The predicted octanol–water partition coefficient (Wildman–Crippen LogP) is 0.00300. The number of nitrogens with zero attached hydrogens (tertiary/aromatic N) is 2. The molecule has 1 aromatic heterocycles. The summed E-state index contributed by atoms with van der Waals surface area (Å²) in [6.07, 6.45) is 3.02. The van der Waals surface area contributed by atoms with E-state index in [9.17, 15) is 0 Å². The molecule has 66 valence electrons. The first-order valence-electron chi connectivity index (χ1n) is 3.64. The standard InChI is InChI=1S/C7H12N4O/c1-5(9-2)12-6-3-10-7(8)11-4-6/h3-5,9H,1-2H3,(H2,8,10,11). The lowest BCUT2D eigenvalue weighted by atomic mass is 10.5. The number of rotatable bonds is 3. The predicted molar refractivity (Wildman–Crippen MR) is 45.6 cm³/mol. The van der Waals surface area contributed by atoms with Crippen molar-refractivity contribution in [3.63, 3.8) is 0 Å². The number of anilines is 1. The van der Waals surface area contributed by atoms with Crippen molar-refractivity contribution in [3.8, 4) is 5.75 Å². The minimum atomic E-state index is -0.0581. The van der Waals surface area contributed by atoms with Crippen molar-refractivity contribution < 1.29 is 4.74 Å². The maximum absolute atomic E-state index is 5.33. The Hall–Kier alpha value is -1.36. The van der Waals surface area contributed by atoms with Crippen LogP contribution >= 0.6 is 0 Å². The molecule has 0 saturated carbocycles. The molecule has 0 spiro atoms. The molecular weight excluding hydrogens is 156 g/mol. The van der Waals surface area contributed by atoms with E-state index in [1.54, 1.807) is 0 Å². The minimum Gasteiger partial charge on any atom is -0.472 e. The topological polar surface area (TPSA) is 73.1 Å². The van der Waals surface area contributed by atoms with Crippen molar-refractivity contribution in [2.24, 2.45) is 0 Å². The zero-order valence-corrected chi connectivity index (χ0v) is 7.11. The third-order valence-electron chi connectivity index (χ3n) is 1.37. The summed E-state index contributed by atoms with van der Waals surface area (Å²) in [7, 11) is 1.81. The molecule has 0 saturated heterocycles. The van der Waals surface area contributed by atoms with Gasteiger partial charge in [0.05, 0.1) is 12.4 Å². The molecule has 1 atom stereocenters. The monoisotopic (exact) mass is 168 g/mol. The smallest absolute Gasteiger partial charge is 0.220 e. The number of hydrogen-bond donors (Lipinski definition) is 2. The third-order valence-corrected chi connectivity index (χ3v) is 1.37. The first-order chi connectivity index (χ1) is 5.72. The highest BCUT2D eigenvalue weighted by atomic mass is 16.5. The van der Waals surface area contributed by atoms with Gasteiger partial charge >= 0.3 is 0 Å². The second-order valence-corrected chi connectivity index (χ2v) is 2.33. The van der Waals surface area contributed by atoms with Crippen LogP contribution in [0.15, 0.2) is 12.4 Å². The third kappa shape index (κ3) is 2.35. The van der Waals surface area contributed by atoms with Crippen molar-refractivity contribution in [1.29, 1.82) is 0 Å². The molecule has 1 heterocycles. The highest BCUT2D eigenvalue weighted by molar-refractivity contribution is 5.21. The van der Waals surface area contributed by atoms with E-state index in [-0.39, 0.29) is 12.2 Å². The van der Waals surface area contributed by atoms with E-state index in [2.05, 4.69) is 15.3 Å². The number of nitrogens with two attached hydrogens (primary N) is 1. The van der Waals surface area contributed by atoms with Crippen LogP contribution in [-0.4, -0.2) is 23.2 Å². The van der Waals surface area contributed by atoms with Crippen LogP contribution in [0.3, 0.4) is 0 Å². The zero-order valence-electron chi connectivity index (χ0n) is 7.11. The number of hydrogen-bond acceptors (Lipinski definition) is 5. The van der Waals surface area contributed by atoms with Gasteiger partial charge in [0.15, 0.2) is 5.75 Å². The molecule has 0 aliphatic carbocycles. The Kier molecular flexibility index (Phi) is 2.82. The Morgan fingerprint density at radius 2 is 2.08 bits per heavy atom. The van der Waals surface area contributed by atoms with Gasteiger partial charge in [0.1, 0.15) is 6.23 Å². The maximum Gasteiger partial charge on any atom is 0.220 e. The molecule has 0 amide bonds. The molecule has 1 unspecified atom stereocenters. The van der Waals surface area contributed by atoms with Gasteiger partial charge in [-0.15, -0.1) is 0 Å². The zero-order chi connectivity index (χ0) is 8.97. The van der Waals surface area contributed by atoms with E-state index in [0.717, 1.165) is 0 Å². The van der Waals surface area contributed by atoms with Crippen LogP contribution in [0.5, 0.6) is 5.75 Å². The molecule has 0 aliphatic rings. The van der Waals surface area contributed by atoms with Crippen molar-refractivity contribution in [3.05, 3.63) is 12.4 Å². The van der Waals surface area contributed by atoms with E-state index in [4.69, 9.17) is 10.5 Å². The molecule has 0 fully saturated rings. The first kappa shape index (κ1) is 8.73. The summed E-state index contributed by atoms with van der Waals surface area (Å²) in [5.41, 5.74) is 5.30. The van der Waals surface area contributed by atoms with Gasteiger partial charge in [-0.05, 0) is 14.0 Å². The summed E-state index contributed by atoms with van der Waals surface area (Å²) >= 11 is 0. The first-order valence-corrected chi connectivity index (χ1v) is 3.64. The average molecular weight is 168 g/mol. The molecule has 5 heteroatoms. The molecule has 12 heavy (non-hydrogen) atoms. The van der Waals surface area contributed by atoms with E-state index >= 15 is 0 Å². The van der Waals surface area contributed by atoms with E-state index in [0.29, 0.717) is 5.75 Å². The van der Waals surface area contributed by atoms with Crippen LogP contribution < -0.4 is 15.8 Å². The number of nitrogen functional groups attached to an aromatic ring is 1. The van der Waals surface area contributed by atoms with E-state index in [1.165, 1.54) is 12.4 Å². The average Bonchev–Trinajstić information content (AvgIpc) is 2.09. The lowest BCUT2D eigenvalue weighted by Crippen LogP contribution is -2.27. The van der Waals surface area contributed by atoms with Crippen molar-refractivity contribution in [2.75, 3.05) is 12.8 Å². The highest BCUT2D eigenvalue weighted by Gasteiger charge is 1.99. The second-order valence-electron chi connectivity index (χ2n) is 2.33. The van der Waals surface area contributed by atoms with Gasteiger partial charge in [-0.2, -0.15) is 0 Å². The summed E-state index contributed by atoms with van der Waals surface area (Å²) in [6.45, 7) is 1.89. The van der Waals surface area contributed by atoms with Crippen LogP contribution in [0.4, 0.5) is 5.95 Å². The number of aromatic nitrogens is 2. The van der Waals surface area contributed by atoms with Crippen LogP contribution in [0, 0.1) is 0 Å². The van der Waals surface area contributed by atoms with Crippen molar-refractivity contribution in [2.45, 2.75) is 13.2 Å². The molecule has 0 aliphatic heterocycles. The Bertz CT molecular complexity index is 236. The lowest BCUT2D eigenvalue weighted by Gasteiger charge is -2.12. The van der Waals surface area contributed by atoms with Crippen LogP contribution in [0.25, 0.3) is 0 Å². The molecule has 1 aromatic rings. The van der Waals surface area contributed by atoms with Gasteiger partial charge in [0.25, 0.3) is 0 Å². The molecule has 3 N–H and O–H groups in total. The van der Waals surface area contributed by atoms with Crippen molar-refractivity contribution >= 4 is 5.95 Å². The fourth-order valence-electron chi connectivity index (χ4n) is 0.650. The largest absolute Gasteiger partial charge is 0.472 e. The normalized spacial score (nSPS) is 12.5. The van der Waals surface area contributed by atoms with Gasteiger partial charge in [-0.1, -0.05) is 0 Å². The summed E-state index contributed by atoms with van der Waals surface area (Å²) in [6, 6.07) is 0. The SMILES string of the molecule is CNC(C)Oc1cnc(N)nc1. The van der Waals surface area contributed by atoms with Crippen LogP contribution in [0.2, 0.25) is 0 Å². The minimum absolute atomic E-state index is 0.0581. The summed E-state index contributed by atoms with van der Waals surface area (Å²) < 4.78 is 5.33. The highest BCUT2D eigenvalue weighted by Crippen LogP contribution is 2.07. The molecular formula is C7H12N4O. The maximum atomic E-state index is 5.33. The summed E-state index contributed by atoms with van der Waals surface area (Å²) in [5.74, 6) is 0.852.